The van der Waals surface area contributed by atoms with Gasteiger partial charge in [0.1, 0.15) is 0 Å². The van der Waals surface area contributed by atoms with Gasteiger partial charge >= 0.3 is 0 Å². The summed E-state index contributed by atoms with van der Waals surface area (Å²) < 4.78 is 18.6. The Kier molecular flexibility index (Phi) is 4.63. The van der Waals surface area contributed by atoms with Crippen molar-refractivity contribution in [1.29, 1.82) is 0 Å². The van der Waals surface area contributed by atoms with E-state index in [4.69, 9.17) is 4.74 Å². The number of hydrogen-bond acceptors (Lipinski definition) is 2. The van der Waals surface area contributed by atoms with Crippen LogP contribution in [0.2, 0.25) is 0 Å². The van der Waals surface area contributed by atoms with E-state index in [9.17, 15) is 9.50 Å². The second-order valence-corrected chi connectivity index (χ2v) is 5.49. The molecule has 2 aromatic rings. The summed E-state index contributed by atoms with van der Waals surface area (Å²) in [4.78, 5) is 0. The number of halogens is 1. The third-order valence-electron chi connectivity index (χ3n) is 3.80. The Balaban J connectivity index is 2.26. The minimum Gasteiger partial charge on any atom is -0.494 e. The highest BCUT2D eigenvalue weighted by Gasteiger charge is 2.14. The molecular weight excluding hydrogens is 267 g/mol. The molecule has 2 aromatic carbocycles. The minimum atomic E-state index is -0.731. The van der Waals surface area contributed by atoms with Crippen molar-refractivity contribution in [3.05, 3.63) is 64.0 Å². The lowest BCUT2D eigenvalue weighted by atomic mass is 9.93. The maximum absolute atomic E-state index is 13.7. The van der Waals surface area contributed by atoms with Gasteiger partial charge in [-0.2, -0.15) is 0 Å². The fourth-order valence-corrected chi connectivity index (χ4v) is 2.73. The lowest BCUT2D eigenvalue weighted by molar-refractivity contribution is 0.177. The van der Waals surface area contributed by atoms with Crippen LogP contribution in [0, 0.1) is 26.6 Å². The zero-order chi connectivity index (χ0) is 15.6. The van der Waals surface area contributed by atoms with Crippen LogP contribution in [0.3, 0.4) is 0 Å². The summed E-state index contributed by atoms with van der Waals surface area (Å²) >= 11 is 0. The zero-order valence-corrected chi connectivity index (χ0v) is 12.9. The third-order valence-corrected chi connectivity index (χ3v) is 3.80. The molecule has 0 aliphatic heterocycles. The van der Waals surface area contributed by atoms with Gasteiger partial charge < -0.3 is 9.84 Å². The molecule has 112 valence electrons. The van der Waals surface area contributed by atoms with Gasteiger partial charge in [0, 0.05) is 6.42 Å². The first-order chi connectivity index (χ1) is 9.92. The number of methoxy groups -OCH3 is 1. The molecule has 0 saturated heterocycles. The Labute approximate surface area is 125 Å². The maximum atomic E-state index is 13.7. The van der Waals surface area contributed by atoms with Crippen LogP contribution in [0.5, 0.6) is 5.75 Å². The molecule has 1 unspecified atom stereocenters. The average Bonchev–Trinajstić information content (AvgIpc) is 2.42. The molecule has 2 rings (SSSR count). The van der Waals surface area contributed by atoms with E-state index in [1.54, 1.807) is 12.1 Å². The van der Waals surface area contributed by atoms with Gasteiger partial charge in [-0.25, -0.2) is 4.39 Å². The molecule has 0 spiro atoms. The highest BCUT2D eigenvalue weighted by atomic mass is 19.1. The van der Waals surface area contributed by atoms with Crippen LogP contribution in [-0.4, -0.2) is 12.2 Å². The molecule has 0 fully saturated rings. The van der Waals surface area contributed by atoms with E-state index in [1.165, 1.54) is 18.7 Å². The molecule has 0 bridgehead atoms. The van der Waals surface area contributed by atoms with Crippen LogP contribution in [0.25, 0.3) is 0 Å². The van der Waals surface area contributed by atoms with Crippen LogP contribution >= 0.6 is 0 Å². The Morgan fingerprint density at radius 1 is 1.10 bits per heavy atom. The molecule has 0 aliphatic rings. The van der Waals surface area contributed by atoms with Crippen molar-refractivity contribution in [2.45, 2.75) is 33.3 Å². The third kappa shape index (κ3) is 3.42. The summed E-state index contributed by atoms with van der Waals surface area (Å²) in [6, 6.07) is 8.78. The van der Waals surface area contributed by atoms with Gasteiger partial charge in [-0.3, -0.25) is 0 Å². The summed E-state index contributed by atoms with van der Waals surface area (Å²) in [5.74, 6) is -0.264. The van der Waals surface area contributed by atoms with Gasteiger partial charge in [-0.15, -0.1) is 0 Å². The molecular formula is C18H21FO2. The van der Waals surface area contributed by atoms with Crippen molar-refractivity contribution in [3.63, 3.8) is 0 Å². The largest absolute Gasteiger partial charge is 0.494 e. The van der Waals surface area contributed by atoms with Crippen molar-refractivity contribution < 1.29 is 14.2 Å². The molecule has 0 saturated carbocycles. The number of hydrogen-bond donors (Lipinski definition) is 1. The summed E-state index contributed by atoms with van der Waals surface area (Å²) in [6.07, 6.45) is -0.255. The summed E-state index contributed by atoms with van der Waals surface area (Å²) in [7, 11) is 1.42. The number of rotatable bonds is 4. The summed E-state index contributed by atoms with van der Waals surface area (Å²) in [5, 5.41) is 10.4. The van der Waals surface area contributed by atoms with Crippen molar-refractivity contribution in [2.24, 2.45) is 0 Å². The van der Waals surface area contributed by atoms with Crippen LogP contribution in [0.4, 0.5) is 4.39 Å². The van der Waals surface area contributed by atoms with Crippen LogP contribution in [0.15, 0.2) is 30.3 Å². The quantitative estimate of drug-likeness (QED) is 0.920. The predicted octanol–water partition coefficient (Wildman–Crippen LogP) is 4.04. The van der Waals surface area contributed by atoms with Crippen molar-refractivity contribution >= 4 is 0 Å². The van der Waals surface area contributed by atoms with E-state index in [0.29, 0.717) is 12.0 Å². The van der Waals surface area contributed by atoms with Crippen molar-refractivity contribution in [1.82, 2.24) is 0 Å². The van der Waals surface area contributed by atoms with Gasteiger partial charge in [0.05, 0.1) is 13.2 Å². The number of aryl methyl sites for hydroxylation is 3. The second kappa shape index (κ2) is 6.27. The fourth-order valence-electron chi connectivity index (χ4n) is 2.73. The van der Waals surface area contributed by atoms with E-state index in [2.05, 4.69) is 19.1 Å². The van der Waals surface area contributed by atoms with E-state index >= 15 is 0 Å². The maximum Gasteiger partial charge on any atom is 0.165 e. The molecule has 0 radical (unpaired) electrons. The second-order valence-electron chi connectivity index (χ2n) is 5.49. The average molecular weight is 288 g/mol. The summed E-state index contributed by atoms with van der Waals surface area (Å²) in [6.45, 7) is 6.13. The first-order valence-electron chi connectivity index (χ1n) is 7.00. The van der Waals surface area contributed by atoms with E-state index in [-0.39, 0.29) is 5.75 Å². The van der Waals surface area contributed by atoms with Gasteiger partial charge in [0.25, 0.3) is 0 Å². The Hall–Kier alpha value is -1.87. The van der Waals surface area contributed by atoms with Crippen LogP contribution in [0.1, 0.15) is 33.9 Å². The van der Waals surface area contributed by atoms with E-state index < -0.39 is 11.9 Å². The highest BCUT2D eigenvalue weighted by Crippen LogP contribution is 2.27. The molecule has 0 heterocycles. The van der Waals surface area contributed by atoms with Crippen molar-refractivity contribution in [2.75, 3.05) is 7.11 Å². The Morgan fingerprint density at radius 3 is 2.24 bits per heavy atom. The number of ether oxygens (including phenoxy) is 1. The molecule has 3 heteroatoms. The summed E-state index contributed by atoms with van der Waals surface area (Å²) in [5.41, 5.74) is 5.19. The van der Waals surface area contributed by atoms with E-state index in [0.717, 1.165) is 16.7 Å². The first-order valence-corrected chi connectivity index (χ1v) is 7.00. The minimum absolute atomic E-state index is 0.189. The standard InChI is InChI=1S/C18H21FO2/c1-11-7-12(2)15(13(3)8-11)10-17(20)14-5-6-18(21-4)16(19)9-14/h5-9,17,20H,10H2,1-4H3. The predicted molar refractivity (Wildman–Crippen MR) is 82.3 cm³/mol. The number of benzene rings is 2. The molecule has 2 nitrogen and oxygen atoms in total. The topological polar surface area (TPSA) is 29.5 Å². The number of aliphatic hydroxyl groups excluding tert-OH is 1. The molecule has 0 aromatic heterocycles. The lowest BCUT2D eigenvalue weighted by Gasteiger charge is -2.16. The lowest BCUT2D eigenvalue weighted by Crippen LogP contribution is -2.06. The van der Waals surface area contributed by atoms with Crippen molar-refractivity contribution in [3.8, 4) is 5.75 Å². The van der Waals surface area contributed by atoms with Gasteiger partial charge in [-0.1, -0.05) is 23.8 Å². The molecule has 1 atom stereocenters. The monoisotopic (exact) mass is 288 g/mol. The molecule has 0 amide bonds. The van der Waals surface area contributed by atoms with Gasteiger partial charge in [-0.05, 0) is 55.2 Å². The van der Waals surface area contributed by atoms with Crippen LogP contribution < -0.4 is 4.74 Å². The van der Waals surface area contributed by atoms with Crippen LogP contribution in [-0.2, 0) is 6.42 Å². The smallest absolute Gasteiger partial charge is 0.165 e. The zero-order valence-electron chi connectivity index (χ0n) is 12.9. The van der Waals surface area contributed by atoms with Gasteiger partial charge in [0.15, 0.2) is 11.6 Å². The highest BCUT2D eigenvalue weighted by molar-refractivity contribution is 5.39. The first kappa shape index (κ1) is 15.5. The normalized spacial score (nSPS) is 12.3. The molecule has 1 N–H and O–H groups in total. The molecule has 0 aliphatic carbocycles. The molecule has 21 heavy (non-hydrogen) atoms. The SMILES string of the molecule is COc1ccc(C(O)Cc2c(C)cc(C)cc2C)cc1F. The fraction of sp³-hybridized carbons (Fsp3) is 0.333. The van der Waals surface area contributed by atoms with E-state index in [1.807, 2.05) is 13.8 Å². The Bertz CT molecular complexity index is 627. The Morgan fingerprint density at radius 2 is 1.71 bits per heavy atom. The number of aliphatic hydroxyl groups is 1. The van der Waals surface area contributed by atoms with Gasteiger partial charge in [0.2, 0.25) is 0 Å².